The van der Waals surface area contributed by atoms with Crippen molar-refractivity contribution in [2.45, 2.75) is 50.8 Å². The van der Waals surface area contributed by atoms with Crippen LogP contribution >= 0.6 is 0 Å². The third kappa shape index (κ3) is 3.06. The minimum absolute atomic E-state index is 0.186. The monoisotopic (exact) mass is 219 g/mol. The van der Waals surface area contributed by atoms with Crippen LogP contribution < -0.4 is 5.32 Å². The molecule has 88 valence electrons. The molecule has 1 aromatic rings. The second-order valence-corrected chi connectivity index (χ2v) is 4.84. The Kier molecular flexibility index (Phi) is 3.97. The highest BCUT2D eigenvalue weighted by Crippen LogP contribution is 2.19. The Morgan fingerprint density at radius 3 is 2.56 bits per heavy atom. The van der Waals surface area contributed by atoms with Gasteiger partial charge in [-0.2, -0.15) is 0 Å². The standard InChI is InChI=1S/C14H21NO/c1-11(15-13-8-5-9-13)14(16)10-12-6-3-2-4-7-12/h2-4,6-7,11,13-16H,5,8-10H2,1H3. The molecule has 0 amide bonds. The van der Waals surface area contributed by atoms with E-state index in [9.17, 15) is 5.11 Å². The molecule has 16 heavy (non-hydrogen) atoms. The first-order valence-electron chi connectivity index (χ1n) is 6.24. The van der Waals surface area contributed by atoms with Crippen LogP contribution in [0, 0.1) is 0 Å². The van der Waals surface area contributed by atoms with Gasteiger partial charge < -0.3 is 10.4 Å². The highest BCUT2D eigenvalue weighted by molar-refractivity contribution is 5.15. The summed E-state index contributed by atoms with van der Waals surface area (Å²) < 4.78 is 0. The quantitative estimate of drug-likeness (QED) is 0.795. The fraction of sp³-hybridized carbons (Fsp3) is 0.571. The van der Waals surface area contributed by atoms with E-state index in [1.165, 1.54) is 24.8 Å². The number of hydrogen-bond acceptors (Lipinski definition) is 2. The van der Waals surface area contributed by atoms with Gasteiger partial charge >= 0.3 is 0 Å². The van der Waals surface area contributed by atoms with Gasteiger partial charge in [0, 0.05) is 12.1 Å². The van der Waals surface area contributed by atoms with E-state index in [-0.39, 0.29) is 12.1 Å². The van der Waals surface area contributed by atoms with Gasteiger partial charge in [-0.3, -0.25) is 0 Å². The SMILES string of the molecule is CC(NC1CCC1)C(O)Cc1ccccc1. The lowest BCUT2D eigenvalue weighted by Gasteiger charge is -2.32. The van der Waals surface area contributed by atoms with E-state index < -0.39 is 0 Å². The van der Waals surface area contributed by atoms with Crippen LogP contribution in [-0.2, 0) is 6.42 Å². The maximum Gasteiger partial charge on any atom is 0.0730 e. The minimum Gasteiger partial charge on any atom is -0.391 e. The van der Waals surface area contributed by atoms with Crippen LogP contribution in [0.4, 0.5) is 0 Å². The predicted octanol–water partition coefficient (Wildman–Crippen LogP) is 2.12. The topological polar surface area (TPSA) is 32.3 Å². The first-order chi connectivity index (χ1) is 7.75. The lowest BCUT2D eigenvalue weighted by molar-refractivity contribution is 0.119. The maximum absolute atomic E-state index is 10.1. The molecule has 2 nitrogen and oxygen atoms in total. The van der Waals surface area contributed by atoms with Gasteiger partial charge in [0.1, 0.15) is 0 Å². The second-order valence-electron chi connectivity index (χ2n) is 4.84. The van der Waals surface area contributed by atoms with Gasteiger partial charge in [-0.15, -0.1) is 0 Å². The fourth-order valence-corrected chi connectivity index (χ4v) is 2.09. The smallest absolute Gasteiger partial charge is 0.0730 e. The normalized spacial score (nSPS) is 20.1. The first kappa shape index (κ1) is 11.6. The van der Waals surface area contributed by atoms with Gasteiger partial charge in [0.05, 0.1) is 6.10 Å². The van der Waals surface area contributed by atoms with Gasteiger partial charge in [0.15, 0.2) is 0 Å². The zero-order valence-electron chi connectivity index (χ0n) is 9.89. The Hall–Kier alpha value is -0.860. The highest BCUT2D eigenvalue weighted by Gasteiger charge is 2.22. The molecule has 1 fully saturated rings. The van der Waals surface area contributed by atoms with Crippen LogP contribution in [0.5, 0.6) is 0 Å². The van der Waals surface area contributed by atoms with E-state index >= 15 is 0 Å². The Morgan fingerprint density at radius 1 is 1.31 bits per heavy atom. The largest absolute Gasteiger partial charge is 0.391 e. The number of rotatable bonds is 5. The number of nitrogens with one attached hydrogen (secondary N) is 1. The molecule has 0 bridgehead atoms. The molecule has 0 aromatic heterocycles. The van der Waals surface area contributed by atoms with Crippen LogP contribution in [-0.4, -0.2) is 23.3 Å². The average molecular weight is 219 g/mol. The van der Waals surface area contributed by atoms with Crippen molar-refractivity contribution in [3.8, 4) is 0 Å². The summed E-state index contributed by atoms with van der Waals surface area (Å²) in [5, 5.41) is 13.6. The zero-order valence-corrected chi connectivity index (χ0v) is 9.89. The molecule has 2 rings (SSSR count). The number of hydrogen-bond donors (Lipinski definition) is 2. The van der Waals surface area contributed by atoms with Gasteiger partial charge in [-0.1, -0.05) is 36.8 Å². The summed E-state index contributed by atoms with van der Waals surface area (Å²) in [4.78, 5) is 0. The minimum atomic E-state index is -0.289. The molecule has 2 atom stereocenters. The van der Waals surface area contributed by atoms with Crippen molar-refractivity contribution in [3.63, 3.8) is 0 Å². The molecule has 0 heterocycles. The van der Waals surface area contributed by atoms with Gasteiger partial charge in [0.25, 0.3) is 0 Å². The van der Waals surface area contributed by atoms with E-state index in [0.29, 0.717) is 6.04 Å². The van der Waals surface area contributed by atoms with Gasteiger partial charge in [-0.05, 0) is 31.7 Å². The first-order valence-corrected chi connectivity index (χ1v) is 6.24. The summed E-state index contributed by atoms with van der Waals surface area (Å²) in [6, 6.07) is 11.0. The Bertz CT molecular complexity index is 308. The molecule has 1 saturated carbocycles. The van der Waals surface area contributed by atoms with Crippen LogP contribution in [0.3, 0.4) is 0 Å². The van der Waals surface area contributed by atoms with Crippen molar-refractivity contribution in [2.75, 3.05) is 0 Å². The molecule has 0 aliphatic heterocycles. The predicted molar refractivity (Wildman–Crippen MR) is 66.4 cm³/mol. The Labute approximate surface area is 97.7 Å². The summed E-state index contributed by atoms with van der Waals surface area (Å²) in [5.41, 5.74) is 1.21. The molecule has 1 aliphatic rings. The summed E-state index contributed by atoms with van der Waals surface area (Å²) in [7, 11) is 0. The summed E-state index contributed by atoms with van der Waals surface area (Å²) in [6.45, 7) is 2.08. The summed E-state index contributed by atoms with van der Waals surface area (Å²) in [5.74, 6) is 0. The van der Waals surface area contributed by atoms with E-state index in [4.69, 9.17) is 0 Å². The van der Waals surface area contributed by atoms with E-state index in [0.717, 1.165) is 6.42 Å². The van der Waals surface area contributed by atoms with E-state index in [1.807, 2.05) is 18.2 Å². The second kappa shape index (κ2) is 5.46. The summed E-state index contributed by atoms with van der Waals surface area (Å²) >= 11 is 0. The lowest BCUT2D eigenvalue weighted by Crippen LogP contribution is -2.47. The van der Waals surface area contributed by atoms with Gasteiger partial charge in [-0.25, -0.2) is 0 Å². The Balaban J connectivity index is 1.80. The highest BCUT2D eigenvalue weighted by atomic mass is 16.3. The molecule has 1 aromatic carbocycles. The molecule has 2 heteroatoms. The van der Waals surface area contributed by atoms with Crippen LogP contribution in [0.2, 0.25) is 0 Å². The van der Waals surface area contributed by atoms with Crippen molar-refractivity contribution in [1.29, 1.82) is 0 Å². The third-order valence-electron chi connectivity index (χ3n) is 3.47. The van der Waals surface area contributed by atoms with Crippen LogP contribution in [0.1, 0.15) is 31.7 Å². The number of aliphatic hydroxyl groups is 1. The number of aliphatic hydroxyl groups excluding tert-OH is 1. The molecule has 0 radical (unpaired) electrons. The third-order valence-corrected chi connectivity index (χ3v) is 3.47. The average Bonchev–Trinajstić information content (AvgIpc) is 2.24. The maximum atomic E-state index is 10.1. The molecular weight excluding hydrogens is 198 g/mol. The van der Waals surface area contributed by atoms with Crippen molar-refractivity contribution in [1.82, 2.24) is 5.32 Å². The van der Waals surface area contributed by atoms with Crippen LogP contribution in [0.15, 0.2) is 30.3 Å². The molecule has 2 unspecified atom stereocenters. The Morgan fingerprint density at radius 2 is 2.00 bits per heavy atom. The van der Waals surface area contributed by atoms with Crippen molar-refractivity contribution >= 4 is 0 Å². The van der Waals surface area contributed by atoms with E-state index in [2.05, 4.69) is 24.4 Å². The number of benzene rings is 1. The fourth-order valence-electron chi connectivity index (χ4n) is 2.09. The molecule has 1 aliphatic carbocycles. The summed E-state index contributed by atoms with van der Waals surface area (Å²) in [6.07, 6.45) is 4.31. The molecule has 0 saturated heterocycles. The molecule has 2 N–H and O–H groups in total. The molecular formula is C14H21NO. The van der Waals surface area contributed by atoms with Gasteiger partial charge in [0.2, 0.25) is 0 Å². The van der Waals surface area contributed by atoms with E-state index in [1.54, 1.807) is 0 Å². The molecule has 0 spiro atoms. The van der Waals surface area contributed by atoms with Crippen LogP contribution in [0.25, 0.3) is 0 Å². The zero-order chi connectivity index (χ0) is 11.4. The van der Waals surface area contributed by atoms with Crippen molar-refractivity contribution < 1.29 is 5.11 Å². The lowest BCUT2D eigenvalue weighted by atomic mass is 9.91. The van der Waals surface area contributed by atoms with Crippen molar-refractivity contribution in [2.24, 2.45) is 0 Å². The van der Waals surface area contributed by atoms with Crippen molar-refractivity contribution in [3.05, 3.63) is 35.9 Å².